The van der Waals surface area contributed by atoms with Crippen LogP contribution in [0.4, 0.5) is 0 Å². The number of carbonyl (C=O) groups excluding carboxylic acids is 2. The molecule has 0 saturated carbocycles. The molecule has 0 aliphatic carbocycles. The molecule has 32 heavy (non-hydrogen) atoms. The average molecular weight is 446 g/mol. The van der Waals surface area contributed by atoms with Crippen LogP contribution in [0, 0.1) is 0 Å². The van der Waals surface area contributed by atoms with E-state index >= 15 is 0 Å². The summed E-state index contributed by atoms with van der Waals surface area (Å²) in [6, 6.07) is 11.7. The Morgan fingerprint density at radius 1 is 1.12 bits per heavy atom. The molecule has 0 aliphatic heterocycles. The number of nitrogens with one attached hydrogen (secondary N) is 1. The topological polar surface area (TPSA) is 123 Å². The van der Waals surface area contributed by atoms with E-state index in [-0.39, 0.29) is 12.5 Å². The molecule has 0 spiro atoms. The Balaban J connectivity index is 2.07. The number of carbonyl (C=O) groups is 2. The average Bonchev–Trinajstić information content (AvgIpc) is 2.81. The van der Waals surface area contributed by atoms with Gasteiger partial charge < -0.3 is 25.3 Å². The largest absolute Gasteiger partial charge is 0.496 e. The molecule has 2 aromatic rings. The van der Waals surface area contributed by atoms with Crippen LogP contribution in [0.15, 0.2) is 42.5 Å². The summed E-state index contributed by atoms with van der Waals surface area (Å²) < 4.78 is 16.5. The quantitative estimate of drug-likeness (QED) is 0.259. The molecule has 0 saturated heterocycles. The van der Waals surface area contributed by atoms with Crippen molar-refractivity contribution in [2.45, 2.75) is 31.8 Å². The van der Waals surface area contributed by atoms with Crippen LogP contribution in [0.3, 0.4) is 0 Å². The van der Waals surface area contributed by atoms with Crippen LogP contribution in [-0.4, -0.2) is 56.0 Å². The molecule has 2 aromatic carbocycles. The molecule has 2 amide bonds. The number of hydrogen-bond acceptors (Lipinski definition) is 7. The molecule has 0 aliphatic rings. The molecule has 0 radical (unpaired) electrons. The Bertz CT molecular complexity index is 866. The van der Waals surface area contributed by atoms with E-state index in [1.165, 1.54) is 14.2 Å². The molecule has 9 nitrogen and oxygen atoms in total. The van der Waals surface area contributed by atoms with Gasteiger partial charge in [-0.15, -0.1) is 0 Å². The van der Waals surface area contributed by atoms with Gasteiger partial charge >= 0.3 is 0 Å². The molecular weight excluding hydrogens is 414 g/mol. The summed E-state index contributed by atoms with van der Waals surface area (Å²) in [6.07, 6.45) is 1.20. The van der Waals surface area contributed by atoms with Gasteiger partial charge in [-0.1, -0.05) is 30.3 Å². The number of nitrogens with two attached hydrogens (primary N) is 1. The van der Waals surface area contributed by atoms with Crippen molar-refractivity contribution in [1.29, 1.82) is 0 Å². The van der Waals surface area contributed by atoms with Gasteiger partial charge in [0.25, 0.3) is 5.91 Å². The highest BCUT2D eigenvalue weighted by Crippen LogP contribution is 2.35. The van der Waals surface area contributed by atoms with Crippen molar-refractivity contribution in [1.82, 2.24) is 10.4 Å². The van der Waals surface area contributed by atoms with E-state index in [1.54, 1.807) is 19.2 Å². The van der Waals surface area contributed by atoms with Gasteiger partial charge in [0.15, 0.2) is 0 Å². The summed E-state index contributed by atoms with van der Waals surface area (Å²) in [4.78, 5) is 23.9. The van der Waals surface area contributed by atoms with Gasteiger partial charge in [-0.25, -0.2) is 5.06 Å². The minimum atomic E-state index is -0.901. The van der Waals surface area contributed by atoms with Crippen LogP contribution in [0.25, 0.3) is 0 Å². The van der Waals surface area contributed by atoms with E-state index in [0.717, 1.165) is 5.56 Å². The fourth-order valence-corrected chi connectivity index (χ4v) is 3.12. The number of hydroxylamine groups is 2. The zero-order chi connectivity index (χ0) is 23.5. The second-order valence-electron chi connectivity index (χ2n) is 7.12. The van der Waals surface area contributed by atoms with Crippen molar-refractivity contribution in [2.75, 3.05) is 27.9 Å². The third kappa shape index (κ3) is 7.14. The number of rotatable bonds is 12. The zero-order valence-electron chi connectivity index (χ0n) is 18.7. The lowest BCUT2D eigenvalue weighted by atomic mass is 10.1. The predicted molar refractivity (Wildman–Crippen MR) is 119 cm³/mol. The number of hydrogen-bond donors (Lipinski definition) is 3. The number of amides is 2. The minimum Gasteiger partial charge on any atom is -0.496 e. The lowest BCUT2D eigenvalue weighted by Crippen LogP contribution is -2.43. The van der Waals surface area contributed by atoms with Crippen molar-refractivity contribution in [3.8, 4) is 17.2 Å². The van der Waals surface area contributed by atoms with Crippen LogP contribution >= 0.6 is 0 Å². The van der Waals surface area contributed by atoms with E-state index in [4.69, 9.17) is 19.9 Å². The maximum Gasteiger partial charge on any atom is 0.263 e. The fraction of sp³-hybridized carbons (Fsp3) is 0.391. The molecule has 9 heteroatoms. The monoisotopic (exact) mass is 445 g/mol. The van der Waals surface area contributed by atoms with Crippen LogP contribution in [0.2, 0.25) is 0 Å². The summed E-state index contributed by atoms with van der Waals surface area (Å²) in [5.41, 5.74) is 7.37. The first-order valence-corrected chi connectivity index (χ1v) is 10.3. The third-order valence-electron chi connectivity index (χ3n) is 4.86. The molecule has 174 valence electrons. The zero-order valence-corrected chi connectivity index (χ0v) is 18.7. The van der Waals surface area contributed by atoms with Crippen LogP contribution < -0.4 is 25.3 Å². The van der Waals surface area contributed by atoms with Gasteiger partial charge in [0.05, 0.1) is 39.0 Å². The highest BCUT2D eigenvalue weighted by molar-refractivity contribution is 5.81. The smallest absolute Gasteiger partial charge is 0.263 e. The maximum absolute atomic E-state index is 12.6. The van der Waals surface area contributed by atoms with E-state index in [9.17, 15) is 14.8 Å². The first kappa shape index (κ1) is 25.0. The summed E-state index contributed by atoms with van der Waals surface area (Å²) >= 11 is 0. The molecule has 4 N–H and O–H groups in total. The predicted octanol–water partition coefficient (Wildman–Crippen LogP) is 1.90. The Kier molecular flexibility index (Phi) is 9.77. The summed E-state index contributed by atoms with van der Waals surface area (Å²) in [5, 5.41) is 13.5. The molecule has 0 unspecified atom stereocenters. The molecule has 0 bridgehead atoms. The Labute approximate surface area is 188 Å². The molecule has 2 rings (SSSR count). The molecule has 0 fully saturated rings. The maximum atomic E-state index is 12.6. The Hall–Kier alpha value is -3.30. The van der Waals surface area contributed by atoms with Crippen LogP contribution in [-0.2, 0) is 22.6 Å². The second kappa shape index (κ2) is 12.5. The molecule has 0 heterocycles. The Morgan fingerprint density at radius 2 is 1.75 bits per heavy atom. The second-order valence-corrected chi connectivity index (χ2v) is 7.12. The van der Waals surface area contributed by atoms with E-state index in [2.05, 4.69) is 5.32 Å². The van der Waals surface area contributed by atoms with Crippen molar-refractivity contribution in [3.05, 3.63) is 53.6 Å². The molecule has 0 aromatic heterocycles. The molecule has 1 atom stereocenters. The first-order valence-electron chi connectivity index (χ1n) is 10.3. The number of benzene rings is 2. The van der Waals surface area contributed by atoms with Gasteiger partial charge in [-0.3, -0.25) is 14.8 Å². The minimum absolute atomic E-state index is 0.0581. The first-order chi connectivity index (χ1) is 15.4. The van der Waals surface area contributed by atoms with Crippen LogP contribution in [0.1, 0.15) is 24.0 Å². The summed E-state index contributed by atoms with van der Waals surface area (Å²) in [5.74, 6) is 0.573. The highest BCUT2D eigenvalue weighted by atomic mass is 16.5. The lowest BCUT2D eigenvalue weighted by Gasteiger charge is -2.22. The van der Waals surface area contributed by atoms with Crippen molar-refractivity contribution in [2.24, 2.45) is 5.73 Å². The van der Waals surface area contributed by atoms with Crippen molar-refractivity contribution < 1.29 is 29.0 Å². The molecular formula is C23H31N3O6. The van der Waals surface area contributed by atoms with Gasteiger partial charge in [0, 0.05) is 25.6 Å². The van der Waals surface area contributed by atoms with Crippen molar-refractivity contribution in [3.63, 3.8) is 0 Å². The highest BCUT2D eigenvalue weighted by Gasteiger charge is 2.24. The van der Waals surface area contributed by atoms with E-state index in [1.807, 2.05) is 30.3 Å². The number of nitrogens with zero attached hydrogens (tertiary/aromatic N) is 1. The standard InChI is InChI=1S/C23H31N3O6/c1-25-22(27)10-7-11-32-17-13-20(30-2)18(21(14-17)31-3)15-26(29)23(28)19(24)12-16-8-5-4-6-9-16/h4-6,8-9,13-14,19,29H,7,10-12,15,24H2,1-3H3,(H,25,27)/t19-/m0/s1. The van der Waals surface area contributed by atoms with E-state index in [0.29, 0.717) is 53.7 Å². The van der Waals surface area contributed by atoms with E-state index < -0.39 is 11.9 Å². The third-order valence-corrected chi connectivity index (χ3v) is 4.86. The van der Waals surface area contributed by atoms with Gasteiger partial charge in [0.2, 0.25) is 5.91 Å². The van der Waals surface area contributed by atoms with Gasteiger partial charge in [-0.2, -0.15) is 0 Å². The number of ether oxygens (including phenoxy) is 3. The summed E-state index contributed by atoms with van der Waals surface area (Å²) in [6.45, 7) is 0.155. The Morgan fingerprint density at radius 3 is 2.31 bits per heavy atom. The fourth-order valence-electron chi connectivity index (χ4n) is 3.12. The van der Waals surface area contributed by atoms with Gasteiger partial charge in [0.1, 0.15) is 17.2 Å². The SMILES string of the molecule is CNC(=O)CCCOc1cc(OC)c(CN(O)C(=O)[C@@H](N)Cc2ccccc2)c(OC)c1. The summed E-state index contributed by atoms with van der Waals surface area (Å²) in [7, 11) is 4.53. The van der Waals surface area contributed by atoms with Crippen LogP contribution in [0.5, 0.6) is 17.2 Å². The lowest BCUT2D eigenvalue weighted by molar-refractivity contribution is -0.169. The normalized spacial score (nSPS) is 11.4. The van der Waals surface area contributed by atoms with Crippen molar-refractivity contribution >= 4 is 11.8 Å². The number of methoxy groups -OCH3 is 2. The van der Waals surface area contributed by atoms with Gasteiger partial charge in [-0.05, 0) is 18.4 Å².